The van der Waals surface area contributed by atoms with E-state index >= 15 is 0 Å². The quantitative estimate of drug-likeness (QED) is 0.710. The highest BCUT2D eigenvalue weighted by atomic mass is 16.6. The Morgan fingerprint density at radius 1 is 1.57 bits per heavy atom. The summed E-state index contributed by atoms with van der Waals surface area (Å²) in [5.74, 6) is 0. The first-order chi connectivity index (χ1) is 6.72. The molecule has 1 aromatic heterocycles. The van der Waals surface area contributed by atoms with Crippen molar-refractivity contribution in [3.63, 3.8) is 0 Å². The number of aromatic nitrogens is 1. The Hall–Kier alpha value is -1.03. The van der Waals surface area contributed by atoms with Crippen molar-refractivity contribution in [2.75, 3.05) is 6.54 Å². The number of ether oxygens (including phenoxy) is 1. The van der Waals surface area contributed by atoms with Gasteiger partial charge in [0.2, 0.25) is 0 Å². The second-order valence-electron chi connectivity index (χ2n) is 3.45. The van der Waals surface area contributed by atoms with Crippen LogP contribution in [0.4, 0.5) is 0 Å². The molecule has 0 bridgehead atoms. The van der Waals surface area contributed by atoms with Crippen LogP contribution in [0.2, 0.25) is 0 Å². The van der Waals surface area contributed by atoms with Crippen molar-refractivity contribution in [3.8, 4) is 6.08 Å². The average Bonchev–Trinajstić information content (AvgIpc) is 2.52. The van der Waals surface area contributed by atoms with Gasteiger partial charge in [-0.25, -0.2) is 0 Å². The minimum absolute atomic E-state index is 0.102. The molecule has 14 heavy (non-hydrogen) atoms. The Labute approximate surface area is 84.7 Å². The van der Waals surface area contributed by atoms with Gasteiger partial charge in [0.1, 0.15) is 6.26 Å². The van der Waals surface area contributed by atoms with Crippen LogP contribution < -0.4 is 10.1 Å². The van der Waals surface area contributed by atoms with Crippen LogP contribution in [0.3, 0.4) is 0 Å². The molecule has 0 aliphatic carbocycles. The van der Waals surface area contributed by atoms with Crippen LogP contribution >= 0.6 is 0 Å². The Bertz CT molecular complexity index is 258. The van der Waals surface area contributed by atoms with Crippen molar-refractivity contribution in [1.82, 2.24) is 10.3 Å². The molecule has 0 unspecified atom stereocenters. The summed E-state index contributed by atoms with van der Waals surface area (Å²) < 4.78 is 10.4. The number of hydrogen-bond acceptors (Lipinski definition) is 4. The number of nitrogens with zero attached hydrogens (tertiary/aromatic N) is 1. The van der Waals surface area contributed by atoms with Crippen LogP contribution in [-0.4, -0.2) is 17.6 Å². The van der Waals surface area contributed by atoms with Gasteiger partial charge in [-0.05, 0) is 26.8 Å². The third-order valence-corrected chi connectivity index (χ3v) is 1.60. The summed E-state index contributed by atoms with van der Waals surface area (Å²) in [6.45, 7) is 7.74. The predicted octanol–water partition coefficient (Wildman–Crippen LogP) is 1.96. The molecule has 4 nitrogen and oxygen atoms in total. The fourth-order valence-electron chi connectivity index (χ4n) is 1.02. The second kappa shape index (κ2) is 5.65. The lowest BCUT2D eigenvalue weighted by atomic mass is 10.4. The van der Waals surface area contributed by atoms with Crippen molar-refractivity contribution in [1.29, 1.82) is 0 Å². The summed E-state index contributed by atoms with van der Waals surface area (Å²) in [6, 6.07) is 0. The van der Waals surface area contributed by atoms with Gasteiger partial charge in [-0.15, -0.1) is 0 Å². The van der Waals surface area contributed by atoms with Gasteiger partial charge in [0.05, 0.1) is 11.8 Å². The van der Waals surface area contributed by atoms with E-state index < -0.39 is 0 Å². The van der Waals surface area contributed by atoms with Crippen molar-refractivity contribution < 1.29 is 9.15 Å². The summed E-state index contributed by atoms with van der Waals surface area (Å²) in [5.41, 5.74) is 0.883. The van der Waals surface area contributed by atoms with Crippen molar-refractivity contribution in [2.24, 2.45) is 0 Å². The predicted molar refractivity (Wildman–Crippen MR) is 54.3 cm³/mol. The molecule has 0 fully saturated rings. The first kappa shape index (κ1) is 11.0. The van der Waals surface area contributed by atoms with E-state index in [0.29, 0.717) is 6.08 Å². The van der Waals surface area contributed by atoms with Crippen LogP contribution in [0, 0.1) is 0 Å². The lowest BCUT2D eigenvalue weighted by Crippen LogP contribution is -2.14. The molecular formula is C10H18N2O2. The fourth-order valence-corrected chi connectivity index (χ4v) is 1.02. The Morgan fingerprint density at radius 3 is 3.00 bits per heavy atom. The zero-order valence-corrected chi connectivity index (χ0v) is 9.04. The van der Waals surface area contributed by atoms with Crippen LogP contribution in [0.5, 0.6) is 6.08 Å². The minimum Gasteiger partial charge on any atom is -0.447 e. The van der Waals surface area contributed by atoms with E-state index in [2.05, 4.69) is 17.2 Å². The minimum atomic E-state index is 0.102. The number of oxazole rings is 1. The maximum absolute atomic E-state index is 5.30. The van der Waals surface area contributed by atoms with Gasteiger partial charge in [0.25, 0.3) is 0 Å². The molecule has 1 heterocycles. The van der Waals surface area contributed by atoms with E-state index in [0.717, 1.165) is 25.2 Å². The van der Waals surface area contributed by atoms with E-state index in [1.165, 1.54) is 0 Å². The highest BCUT2D eigenvalue weighted by Gasteiger charge is 2.05. The summed E-state index contributed by atoms with van der Waals surface area (Å²) >= 11 is 0. The molecule has 80 valence electrons. The Kier molecular flexibility index (Phi) is 4.46. The SMILES string of the molecule is CCCNCc1coc(OC(C)C)n1. The van der Waals surface area contributed by atoms with Gasteiger partial charge in [-0.3, -0.25) is 0 Å². The van der Waals surface area contributed by atoms with Crippen molar-refractivity contribution in [3.05, 3.63) is 12.0 Å². The maximum Gasteiger partial charge on any atom is 0.393 e. The Balaban J connectivity index is 2.35. The third-order valence-electron chi connectivity index (χ3n) is 1.60. The van der Waals surface area contributed by atoms with E-state index in [4.69, 9.17) is 9.15 Å². The molecule has 1 N–H and O–H groups in total. The van der Waals surface area contributed by atoms with E-state index in [1.54, 1.807) is 6.26 Å². The molecule has 0 saturated carbocycles. The van der Waals surface area contributed by atoms with Gasteiger partial charge in [-0.1, -0.05) is 6.92 Å². The molecule has 0 radical (unpaired) electrons. The maximum atomic E-state index is 5.30. The highest BCUT2D eigenvalue weighted by Crippen LogP contribution is 2.11. The van der Waals surface area contributed by atoms with Gasteiger partial charge >= 0.3 is 6.08 Å². The second-order valence-corrected chi connectivity index (χ2v) is 3.45. The molecule has 0 aromatic carbocycles. The smallest absolute Gasteiger partial charge is 0.393 e. The normalized spacial score (nSPS) is 10.9. The molecular weight excluding hydrogens is 180 g/mol. The summed E-state index contributed by atoms with van der Waals surface area (Å²) in [6.07, 6.45) is 3.20. The van der Waals surface area contributed by atoms with Crippen LogP contribution in [0.25, 0.3) is 0 Å². The standard InChI is InChI=1S/C10H18N2O2/c1-4-5-11-6-9-7-13-10(12-9)14-8(2)3/h7-8,11H,4-6H2,1-3H3. The number of hydrogen-bond donors (Lipinski definition) is 1. The molecule has 0 amide bonds. The molecule has 4 heteroatoms. The summed E-state index contributed by atoms with van der Waals surface area (Å²) in [4.78, 5) is 4.17. The molecule has 0 saturated heterocycles. The molecule has 0 aliphatic heterocycles. The van der Waals surface area contributed by atoms with Crippen LogP contribution in [0.1, 0.15) is 32.9 Å². The van der Waals surface area contributed by atoms with E-state index in [-0.39, 0.29) is 6.10 Å². The first-order valence-corrected chi connectivity index (χ1v) is 5.04. The van der Waals surface area contributed by atoms with Crippen molar-refractivity contribution >= 4 is 0 Å². The van der Waals surface area contributed by atoms with Crippen LogP contribution in [-0.2, 0) is 6.54 Å². The van der Waals surface area contributed by atoms with Gasteiger partial charge in [0, 0.05) is 6.54 Å². The fraction of sp³-hybridized carbons (Fsp3) is 0.700. The molecule has 0 spiro atoms. The topological polar surface area (TPSA) is 47.3 Å². The van der Waals surface area contributed by atoms with Crippen LogP contribution in [0.15, 0.2) is 10.7 Å². The van der Waals surface area contributed by atoms with Gasteiger partial charge in [0.15, 0.2) is 0 Å². The molecule has 0 aliphatic rings. The molecule has 1 rings (SSSR count). The van der Waals surface area contributed by atoms with Gasteiger partial charge in [-0.2, -0.15) is 4.98 Å². The first-order valence-electron chi connectivity index (χ1n) is 5.04. The zero-order chi connectivity index (χ0) is 10.4. The number of nitrogens with one attached hydrogen (secondary N) is 1. The highest BCUT2D eigenvalue weighted by molar-refractivity contribution is 4.99. The lowest BCUT2D eigenvalue weighted by molar-refractivity contribution is 0.176. The van der Waals surface area contributed by atoms with E-state index in [1.807, 2.05) is 13.8 Å². The monoisotopic (exact) mass is 198 g/mol. The molecule has 1 aromatic rings. The lowest BCUT2D eigenvalue weighted by Gasteiger charge is -2.02. The average molecular weight is 198 g/mol. The number of rotatable bonds is 6. The summed E-state index contributed by atoms with van der Waals surface area (Å²) in [5, 5.41) is 3.24. The Morgan fingerprint density at radius 2 is 2.36 bits per heavy atom. The zero-order valence-electron chi connectivity index (χ0n) is 9.04. The van der Waals surface area contributed by atoms with Crippen molar-refractivity contribution in [2.45, 2.75) is 39.8 Å². The van der Waals surface area contributed by atoms with E-state index in [9.17, 15) is 0 Å². The molecule has 0 atom stereocenters. The van der Waals surface area contributed by atoms with Gasteiger partial charge < -0.3 is 14.5 Å². The third kappa shape index (κ3) is 3.79. The summed E-state index contributed by atoms with van der Waals surface area (Å²) in [7, 11) is 0. The largest absolute Gasteiger partial charge is 0.447 e.